The van der Waals surface area contributed by atoms with E-state index in [0.29, 0.717) is 17.6 Å². The van der Waals surface area contributed by atoms with Crippen molar-refractivity contribution in [2.45, 2.75) is 12.0 Å². The quantitative estimate of drug-likeness (QED) is 0.869. The molecule has 1 aliphatic rings. The Morgan fingerprint density at radius 3 is 2.40 bits per heavy atom. The molecule has 1 atom stereocenters. The molecule has 1 nitrogen and oxygen atoms in total. The van der Waals surface area contributed by atoms with Crippen molar-refractivity contribution >= 4 is 5.57 Å². The Morgan fingerprint density at radius 2 is 1.65 bits per heavy atom. The summed E-state index contributed by atoms with van der Waals surface area (Å²) >= 11 is 0. The van der Waals surface area contributed by atoms with Gasteiger partial charge >= 0.3 is 0 Å². The van der Waals surface area contributed by atoms with Crippen molar-refractivity contribution in [3.05, 3.63) is 89.8 Å². The van der Waals surface area contributed by atoms with Crippen LogP contribution in [0.2, 0.25) is 0 Å². The number of hydrogen-bond acceptors (Lipinski definition) is 1. The van der Waals surface area contributed by atoms with Crippen LogP contribution in [0.1, 0.15) is 17.5 Å². The summed E-state index contributed by atoms with van der Waals surface area (Å²) in [7, 11) is 0. The summed E-state index contributed by atoms with van der Waals surface area (Å²) in [6.45, 7) is 0. The molecule has 3 rings (SSSR count). The zero-order chi connectivity index (χ0) is 14.0. The molecule has 100 valence electrons. The first kappa shape index (κ1) is 12.8. The van der Waals surface area contributed by atoms with Gasteiger partial charge in [0, 0.05) is 12.0 Å². The summed E-state index contributed by atoms with van der Waals surface area (Å²) in [6.07, 6.45) is 5.99. The molecule has 0 radical (unpaired) electrons. The molecule has 2 aromatic carbocycles. The summed E-state index contributed by atoms with van der Waals surface area (Å²) in [5, 5.41) is 11.1. The topological polar surface area (TPSA) is 20.2 Å². The molecule has 20 heavy (non-hydrogen) atoms. The normalized spacial score (nSPS) is 21.6. The zero-order valence-electron chi connectivity index (χ0n) is 11.0. The highest BCUT2D eigenvalue weighted by molar-refractivity contribution is 5.76. The number of allylic oxidation sites excluding steroid dienone is 2. The van der Waals surface area contributed by atoms with Crippen molar-refractivity contribution < 1.29 is 9.50 Å². The predicted octanol–water partition coefficient (Wildman–Crippen LogP) is 4.06. The summed E-state index contributed by atoms with van der Waals surface area (Å²) in [5.41, 5.74) is 0.643. The van der Waals surface area contributed by atoms with Gasteiger partial charge in [0.15, 0.2) is 0 Å². The van der Waals surface area contributed by atoms with Crippen molar-refractivity contribution in [1.29, 1.82) is 0 Å². The minimum absolute atomic E-state index is 0.316. The lowest BCUT2D eigenvalue weighted by Crippen LogP contribution is -2.28. The van der Waals surface area contributed by atoms with Gasteiger partial charge in [-0.15, -0.1) is 0 Å². The van der Waals surface area contributed by atoms with Crippen LogP contribution in [0, 0.1) is 5.82 Å². The Hall–Kier alpha value is -2.19. The number of benzene rings is 2. The first-order valence-corrected chi connectivity index (χ1v) is 6.62. The lowest BCUT2D eigenvalue weighted by atomic mass is 9.77. The van der Waals surface area contributed by atoms with Crippen molar-refractivity contribution in [2.24, 2.45) is 0 Å². The van der Waals surface area contributed by atoms with E-state index in [4.69, 9.17) is 0 Å². The van der Waals surface area contributed by atoms with Gasteiger partial charge in [0.25, 0.3) is 0 Å². The van der Waals surface area contributed by atoms with Crippen LogP contribution in [0.4, 0.5) is 4.39 Å². The van der Waals surface area contributed by atoms with E-state index in [9.17, 15) is 9.50 Å². The minimum atomic E-state index is -1.18. The fraction of sp³-hybridized carbons (Fsp3) is 0.111. The summed E-state index contributed by atoms with van der Waals surface area (Å²) in [5.74, 6) is -0.316. The van der Waals surface area contributed by atoms with Crippen LogP contribution in [0.25, 0.3) is 5.57 Å². The molecule has 0 aromatic heterocycles. The number of aliphatic hydroxyl groups is 1. The molecule has 0 saturated heterocycles. The largest absolute Gasteiger partial charge is 0.380 e. The second-order valence-electron chi connectivity index (χ2n) is 4.92. The van der Waals surface area contributed by atoms with Crippen LogP contribution in [-0.2, 0) is 5.60 Å². The van der Waals surface area contributed by atoms with E-state index in [1.54, 1.807) is 24.3 Å². The average Bonchev–Trinajstić information content (AvgIpc) is 2.50. The molecular weight excluding hydrogens is 251 g/mol. The van der Waals surface area contributed by atoms with E-state index >= 15 is 0 Å². The van der Waals surface area contributed by atoms with Crippen molar-refractivity contribution in [3.63, 3.8) is 0 Å². The molecule has 0 saturated carbocycles. The Kier molecular flexibility index (Phi) is 3.25. The Balaban J connectivity index is 2.15. The first-order valence-electron chi connectivity index (χ1n) is 6.62. The summed E-state index contributed by atoms with van der Waals surface area (Å²) in [4.78, 5) is 0. The highest BCUT2D eigenvalue weighted by Crippen LogP contribution is 2.42. The van der Waals surface area contributed by atoms with Gasteiger partial charge < -0.3 is 5.11 Å². The molecule has 0 aliphatic heterocycles. The molecular formula is C18H15FO. The smallest absolute Gasteiger partial charge is 0.130 e. The fourth-order valence-corrected chi connectivity index (χ4v) is 2.63. The first-order chi connectivity index (χ1) is 9.72. The van der Waals surface area contributed by atoms with Gasteiger partial charge in [-0.3, -0.25) is 0 Å². The SMILES string of the molecule is OC1(c2ccccc2)CC=CC=C1c1ccccc1F. The molecule has 0 fully saturated rings. The van der Waals surface area contributed by atoms with Crippen molar-refractivity contribution in [2.75, 3.05) is 0 Å². The van der Waals surface area contributed by atoms with E-state index in [2.05, 4.69) is 0 Å². The second kappa shape index (κ2) is 5.06. The number of halogens is 1. The van der Waals surface area contributed by atoms with Gasteiger partial charge in [-0.1, -0.05) is 66.8 Å². The average molecular weight is 266 g/mol. The molecule has 0 bridgehead atoms. The van der Waals surface area contributed by atoms with Crippen LogP contribution in [0.15, 0.2) is 72.8 Å². The Morgan fingerprint density at radius 1 is 0.950 bits per heavy atom. The van der Waals surface area contributed by atoms with Crippen LogP contribution in [-0.4, -0.2) is 5.11 Å². The minimum Gasteiger partial charge on any atom is -0.380 e. The van der Waals surface area contributed by atoms with E-state index in [1.165, 1.54) is 6.07 Å². The van der Waals surface area contributed by atoms with E-state index in [1.807, 2.05) is 42.5 Å². The molecule has 0 amide bonds. The van der Waals surface area contributed by atoms with Crippen molar-refractivity contribution in [1.82, 2.24) is 0 Å². The van der Waals surface area contributed by atoms with E-state index < -0.39 is 5.60 Å². The summed E-state index contributed by atoms with van der Waals surface area (Å²) < 4.78 is 14.1. The van der Waals surface area contributed by atoms with Gasteiger partial charge in [-0.2, -0.15) is 0 Å². The predicted molar refractivity (Wildman–Crippen MR) is 78.5 cm³/mol. The lowest BCUT2D eigenvalue weighted by molar-refractivity contribution is 0.103. The van der Waals surface area contributed by atoms with Gasteiger partial charge in [0.1, 0.15) is 11.4 Å². The highest BCUT2D eigenvalue weighted by atomic mass is 19.1. The second-order valence-corrected chi connectivity index (χ2v) is 4.92. The van der Waals surface area contributed by atoms with Gasteiger partial charge in [0.2, 0.25) is 0 Å². The fourth-order valence-electron chi connectivity index (χ4n) is 2.63. The number of rotatable bonds is 2. The van der Waals surface area contributed by atoms with Crippen LogP contribution >= 0.6 is 0 Å². The molecule has 1 N–H and O–H groups in total. The molecule has 2 heteroatoms. The Bertz CT molecular complexity index is 673. The Labute approximate surface area is 117 Å². The molecule has 0 heterocycles. The monoisotopic (exact) mass is 266 g/mol. The third kappa shape index (κ3) is 2.08. The van der Waals surface area contributed by atoms with Crippen LogP contribution < -0.4 is 0 Å². The van der Waals surface area contributed by atoms with Gasteiger partial charge in [0.05, 0.1) is 0 Å². The summed E-state index contributed by atoms with van der Waals surface area (Å²) in [6, 6.07) is 16.0. The maximum Gasteiger partial charge on any atom is 0.130 e. The molecule has 0 spiro atoms. The van der Waals surface area contributed by atoms with Crippen molar-refractivity contribution in [3.8, 4) is 0 Å². The van der Waals surface area contributed by atoms with E-state index in [0.717, 1.165) is 5.56 Å². The molecule has 2 aromatic rings. The lowest BCUT2D eigenvalue weighted by Gasteiger charge is -2.33. The third-order valence-corrected chi connectivity index (χ3v) is 3.67. The molecule has 1 unspecified atom stereocenters. The highest BCUT2D eigenvalue weighted by Gasteiger charge is 2.35. The third-order valence-electron chi connectivity index (χ3n) is 3.67. The maximum atomic E-state index is 14.1. The van der Waals surface area contributed by atoms with Gasteiger partial charge in [-0.25, -0.2) is 4.39 Å². The van der Waals surface area contributed by atoms with E-state index in [-0.39, 0.29) is 5.82 Å². The zero-order valence-corrected chi connectivity index (χ0v) is 11.0. The molecule has 1 aliphatic carbocycles. The standard InChI is InChI=1S/C18H15FO/c19-17-12-5-4-10-15(17)16-11-6-7-13-18(16,20)14-8-2-1-3-9-14/h1-12,20H,13H2. The van der Waals surface area contributed by atoms with Crippen LogP contribution in [0.3, 0.4) is 0 Å². The maximum absolute atomic E-state index is 14.1. The van der Waals surface area contributed by atoms with Crippen LogP contribution in [0.5, 0.6) is 0 Å². The van der Waals surface area contributed by atoms with Gasteiger partial charge in [-0.05, 0) is 17.2 Å². The number of hydrogen-bond donors (Lipinski definition) is 1.